The number of methoxy groups -OCH3 is 2. The molecule has 12 N–H and O–H groups in total. The number of nitrogens with zero attached hydrogens (tertiary/aromatic N) is 2. The number of aliphatic hydroxyl groups is 2. The van der Waals surface area contributed by atoms with Crippen LogP contribution >= 0.6 is 0 Å². The number of anilines is 1. The maximum atomic E-state index is 14.3. The lowest BCUT2D eigenvalue weighted by Gasteiger charge is -2.37. The number of imide groups is 1. The van der Waals surface area contributed by atoms with Crippen LogP contribution in [0.4, 0.5) is 15.3 Å². The van der Waals surface area contributed by atoms with Crippen molar-refractivity contribution in [3.05, 3.63) is 77.9 Å². The predicted molar refractivity (Wildman–Crippen MR) is 337 cm³/mol. The average Bonchev–Trinajstić information content (AvgIpc) is 1.86. The number of rotatable bonds is 39. The number of likely N-dealkylation sites (tertiary alicyclic amines) is 1. The van der Waals surface area contributed by atoms with E-state index in [4.69, 9.17) is 19.9 Å². The van der Waals surface area contributed by atoms with Crippen molar-refractivity contribution in [1.82, 2.24) is 47.0 Å². The Morgan fingerprint density at radius 3 is 1.92 bits per heavy atom. The molecule has 11 atom stereocenters. The summed E-state index contributed by atoms with van der Waals surface area (Å²) in [5, 5.41) is 42.0. The molecule has 6 unspecified atom stereocenters. The second kappa shape index (κ2) is 38.6. The molecule has 2 aromatic carbocycles. The summed E-state index contributed by atoms with van der Waals surface area (Å²) in [7, 11) is 2.94. The fourth-order valence-electron chi connectivity index (χ4n) is 10.9. The first-order valence-corrected chi connectivity index (χ1v) is 31.4. The number of alkyl carbamates (subject to hydrolysis) is 1. The SMILES string of the molecule is CC[C@H](C)C(NC(=O)[C@@H](NC(=O)[C@H](CO)NC(=O)OCc1ccc(NC(=O)[C@H](CCCNC(N)=O)NC(=O)C(NC(=O)CCCCCN2C(=O)C=CC2=O)C(C)C)cc1)C(C)C)C(CC(=O)N1CCCC1C(OC)C(C)C(=O)N[C@H](CO)Cc1ccccc1)OC. The van der Waals surface area contributed by atoms with Gasteiger partial charge in [-0.1, -0.05) is 104 Å². The fraction of sp³-hybridized carbons (Fsp3) is 0.609. The number of carbonyl (C=O) groups excluding carboxylic acids is 11. The Labute approximate surface area is 533 Å². The van der Waals surface area contributed by atoms with Crippen LogP contribution in [-0.4, -0.2) is 187 Å². The van der Waals surface area contributed by atoms with Gasteiger partial charge in [0.15, 0.2) is 0 Å². The highest BCUT2D eigenvalue weighted by molar-refractivity contribution is 6.12. The number of amides is 12. The summed E-state index contributed by atoms with van der Waals surface area (Å²) >= 11 is 0. The normalized spacial score (nSPS) is 17.1. The smallest absolute Gasteiger partial charge is 0.408 e. The van der Waals surface area contributed by atoms with Crippen LogP contribution in [0.1, 0.15) is 124 Å². The molecule has 2 aliphatic rings. The van der Waals surface area contributed by atoms with Crippen molar-refractivity contribution >= 4 is 71.0 Å². The second-order valence-electron chi connectivity index (χ2n) is 23.9. The first-order valence-electron chi connectivity index (χ1n) is 31.4. The zero-order chi connectivity index (χ0) is 67.3. The number of aliphatic hydroxyl groups excluding tert-OH is 2. The van der Waals surface area contributed by atoms with Gasteiger partial charge in [-0.15, -0.1) is 0 Å². The number of ether oxygens (including phenoxy) is 3. The molecule has 0 saturated carbocycles. The van der Waals surface area contributed by atoms with Crippen molar-refractivity contribution in [3.8, 4) is 0 Å². The summed E-state index contributed by atoms with van der Waals surface area (Å²) in [6.45, 7) is 11.7. The zero-order valence-electron chi connectivity index (χ0n) is 54.0. The molecule has 2 aliphatic heterocycles. The molecule has 1 fully saturated rings. The van der Waals surface area contributed by atoms with Gasteiger partial charge in [0.1, 0.15) is 30.8 Å². The highest BCUT2D eigenvalue weighted by Gasteiger charge is 2.42. The van der Waals surface area contributed by atoms with E-state index in [-0.39, 0.29) is 87.5 Å². The molecule has 1 saturated heterocycles. The Balaban J connectivity index is 1.31. The number of hydrogen-bond acceptors (Lipinski definition) is 16. The number of hydrogen-bond donors (Lipinski definition) is 11. The summed E-state index contributed by atoms with van der Waals surface area (Å²) in [6, 6.07) is 8.29. The quantitative estimate of drug-likeness (QED) is 0.0338. The maximum absolute atomic E-state index is 14.3. The number of nitrogens with one attached hydrogen (secondary N) is 8. The van der Waals surface area contributed by atoms with Gasteiger partial charge in [0.2, 0.25) is 41.4 Å². The highest BCUT2D eigenvalue weighted by Crippen LogP contribution is 2.29. The first-order chi connectivity index (χ1) is 43.3. The average molecular weight is 1280 g/mol. The van der Waals surface area contributed by atoms with Crippen LogP contribution < -0.4 is 48.3 Å². The third-order valence-corrected chi connectivity index (χ3v) is 16.4. The van der Waals surface area contributed by atoms with Gasteiger partial charge in [0, 0.05) is 58.1 Å². The highest BCUT2D eigenvalue weighted by atomic mass is 16.5. The van der Waals surface area contributed by atoms with Crippen LogP contribution in [0.25, 0.3) is 0 Å². The van der Waals surface area contributed by atoms with Gasteiger partial charge in [-0.2, -0.15) is 0 Å². The number of carbonyl (C=O) groups is 11. The van der Waals surface area contributed by atoms with Gasteiger partial charge < -0.3 is 77.6 Å². The van der Waals surface area contributed by atoms with E-state index in [1.54, 1.807) is 51.7 Å². The van der Waals surface area contributed by atoms with E-state index in [1.807, 2.05) is 44.2 Å². The third-order valence-electron chi connectivity index (χ3n) is 16.4. The summed E-state index contributed by atoms with van der Waals surface area (Å²) in [5.41, 5.74) is 6.92. The van der Waals surface area contributed by atoms with Crippen LogP contribution in [-0.2, 0) is 70.4 Å². The molecule has 91 heavy (non-hydrogen) atoms. The number of urea groups is 1. The standard InChI is InChI=1S/C64H97N11O16/c1-10-40(6)56(49(89-8)34-53(81)74-32-18-22-48(74)57(90-9)41(7)58(82)68-45(35-76)33-42-19-13-11-14-20-42)73-62(86)55(39(4)5)72-60(84)47(36-77)70-64(88)91-37-43-24-26-44(27-25-43)67-59(83)46(21-17-30-66-63(65)87)69-61(85)54(38(2)3)71-50(78)23-15-12-16-31-75-51(79)28-29-52(75)80/h11,13-14,19-20,24-29,38-41,45-49,54-57,76-77H,10,12,15-18,21-23,30-37H2,1-9H3,(H,67,83)(H,68,82)(H,69,85)(H,70,88)(H,71,78)(H,72,84)(H,73,86)(H3,65,66,87)/t40-,41?,45-,46-,47-,48?,49?,54?,55-,56?,57?/m0/s1. The van der Waals surface area contributed by atoms with Gasteiger partial charge in [-0.05, 0) is 86.0 Å². The van der Waals surface area contributed by atoms with Crippen molar-refractivity contribution in [2.24, 2.45) is 29.4 Å². The number of nitrogens with two attached hydrogens (primary N) is 1. The molecular weight excluding hydrogens is 1180 g/mol. The van der Waals surface area contributed by atoms with Crippen molar-refractivity contribution in [2.75, 3.05) is 52.4 Å². The minimum Gasteiger partial charge on any atom is -0.445 e. The third kappa shape index (κ3) is 24.3. The van der Waals surface area contributed by atoms with E-state index in [9.17, 15) is 63.0 Å². The molecule has 0 aliphatic carbocycles. The number of benzene rings is 2. The number of unbranched alkanes of at least 4 members (excludes halogenated alkanes) is 2. The largest absolute Gasteiger partial charge is 0.445 e. The van der Waals surface area contributed by atoms with Crippen molar-refractivity contribution in [3.63, 3.8) is 0 Å². The Morgan fingerprint density at radius 1 is 0.681 bits per heavy atom. The minimum absolute atomic E-state index is 0.0674. The predicted octanol–water partition coefficient (Wildman–Crippen LogP) is 2.21. The second-order valence-corrected chi connectivity index (χ2v) is 23.9. The van der Waals surface area contributed by atoms with E-state index in [1.165, 1.54) is 38.5 Å². The minimum atomic E-state index is -1.55. The zero-order valence-corrected chi connectivity index (χ0v) is 54.0. The van der Waals surface area contributed by atoms with E-state index in [0.717, 1.165) is 10.5 Å². The molecule has 4 rings (SSSR count). The van der Waals surface area contributed by atoms with Crippen molar-refractivity contribution < 1.29 is 77.2 Å². The van der Waals surface area contributed by atoms with Crippen LogP contribution in [0.3, 0.4) is 0 Å². The molecule has 0 spiro atoms. The summed E-state index contributed by atoms with van der Waals surface area (Å²) in [5.74, 6) is -6.27. The Hall–Kier alpha value is -8.01. The molecular formula is C64H97N11O16. The summed E-state index contributed by atoms with van der Waals surface area (Å²) in [6.07, 6.45) is 3.82. The monoisotopic (exact) mass is 1280 g/mol. The molecule has 27 heteroatoms. The summed E-state index contributed by atoms with van der Waals surface area (Å²) < 4.78 is 17.2. The van der Waals surface area contributed by atoms with Gasteiger partial charge in [-0.25, -0.2) is 9.59 Å². The van der Waals surface area contributed by atoms with Crippen LogP contribution in [0, 0.1) is 23.7 Å². The van der Waals surface area contributed by atoms with E-state index in [2.05, 4.69) is 42.5 Å². The van der Waals surface area contributed by atoms with Crippen molar-refractivity contribution in [2.45, 2.75) is 180 Å². The Bertz CT molecular complexity index is 2750. The van der Waals surface area contributed by atoms with Gasteiger partial charge in [0.25, 0.3) is 11.8 Å². The Kier molecular flexibility index (Phi) is 32.0. The number of primary amides is 1. The van der Waals surface area contributed by atoms with Gasteiger partial charge in [-0.3, -0.25) is 48.1 Å². The lowest BCUT2D eigenvalue weighted by atomic mass is 9.90. The van der Waals surface area contributed by atoms with Crippen molar-refractivity contribution in [1.29, 1.82) is 0 Å². The van der Waals surface area contributed by atoms with Gasteiger partial charge >= 0.3 is 12.1 Å². The van der Waals surface area contributed by atoms with Crippen LogP contribution in [0.2, 0.25) is 0 Å². The van der Waals surface area contributed by atoms with E-state index in [0.29, 0.717) is 62.7 Å². The molecule has 2 heterocycles. The topological polar surface area (TPSA) is 385 Å². The summed E-state index contributed by atoms with van der Waals surface area (Å²) in [4.78, 5) is 147. The lowest BCUT2D eigenvalue weighted by Crippen LogP contribution is -2.59. The maximum Gasteiger partial charge on any atom is 0.408 e. The van der Waals surface area contributed by atoms with E-state index < -0.39 is 115 Å². The van der Waals surface area contributed by atoms with Crippen LogP contribution in [0.5, 0.6) is 0 Å². The molecule has 0 radical (unpaired) electrons. The van der Waals surface area contributed by atoms with E-state index >= 15 is 0 Å². The molecule has 0 aromatic heterocycles. The molecule has 12 amide bonds. The first kappa shape index (κ1) is 75.4. The molecule has 27 nitrogen and oxygen atoms in total. The Morgan fingerprint density at radius 2 is 1.33 bits per heavy atom. The fourth-order valence-corrected chi connectivity index (χ4v) is 10.9. The van der Waals surface area contributed by atoms with Crippen LogP contribution in [0.15, 0.2) is 66.7 Å². The lowest BCUT2D eigenvalue weighted by molar-refractivity contribution is -0.143. The molecule has 0 bridgehead atoms. The molecule has 2 aromatic rings. The van der Waals surface area contributed by atoms with Gasteiger partial charge in [0.05, 0.1) is 55.9 Å². The molecule has 504 valence electrons.